The fourth-order valence-corrected chi connectivity index (χ4v) is 4.90. The van der Waals surface area contributed by atoms with E-state index < -0.39 is 15.2 Å². The molecule has 0 radical (unpaired) electrons. The number of nitrogen functional groups attached to an aromatic ring is 1. The largest absolute Gasteiger partial charge is 0.370 e. The van der Waals surface area contributed by atoms with Crippen molar-refractivity contribution in [3.8, 4) is 0 Å². The van der Waals surface area contributed by atoms with Gasteiger partial charge in [0.1, 0.15) is 17.0 Å². The Morgan fingerprint density at radius 2 is 2.30 bits per heavy atom. The molecule has 1 aromatic heterocycles. The highest BCUT2D eigenvalue weighted by molar-refractivity contribution is 8.01. The van der Waals surface area contributed by atoms with E-state index in [2.05, 4.69) is 15.3 Å². The van der Waals surface area contributed by atoms with Crippen molar-refractivity contribution in [2.75, 3.05) is 46.8 Å². The number of nitrogens with two attached hydrogens (primary N) is 1. The molecule has 1 aromatic rings. The van der Waals surface area contributed by atoms with E-state index in [4.69, 9.17) is 5.73 Å². The van der Waals surface area contributed by atoms with Crippen LogP contribution in [-0.4, -0.2) is 54.6 Å². The molecule has 0 amide bonds. The molecule has 2 rings (SSSR count). The zero-order valence-electron chi connectivity index (χ0n) is 11.5. The zero-order valence-corrected chi connectivity index (χ0v) is 13.2. The topological polar surface area (TPSA) is 101 Å². The quantitative estimate of drug-likeness (QED) is 0.823. The first-order chi connectivity index (χ1) is 9.41. The summed E-state index contributed by atoms with van der Waals surface area (Å²) < 4.78 is 23.8. The van der Waals surface area contributed by atoms with Crippen LogP contribution in [0.4, 0.5) is 17.6 Å². The Morgan fingerprint density at radius 3 is 2.95 bits per heavy atom. The van der Waals surface area contributed by atoms with Gasteiger partial charge in [0.05, 0.1) is 0 Å². The number of rotatable bonds is 4. The van der Waals surface area contributed by atoms with E-state index in [0.717, 1.165) is 5.75 Å². The van der Waals surface area contributed by atoms with Gasteiger partial charge in [-0.2, -0.15) is 21.7 Å². The molecular weight excluding hydrogens is 298 g/mol. The number of nitrogens with zero attached hydrogens (tertiary/aromatic N) is 3. The second-order valence-corrected chi connectivity index (χ2v) is 7.91. The third kappa shape index (κ3) is 3.45. The van der Waals surface area contributed by atoms with Crippen LogP contribution >= 0.6 is 11.8 Å². The fourth-order valence-electron chi connectivity index (χ4n) is 2.07. The molecule has 20 heavy (non-hydrogen) atoms. The molecule has 9 heteroatoms. The standard InChI is InChI=1S/C11H19N5O2S2/c1-3-13-8-6-9(15-11(12)14-8)16-4-5-19-7-10(16)20(2,17)18/h6,10H,3-5,7H2,1-2H3,(H3,12,13,14,15). The predicted octanol–water partition coefficient (Wildman–Crippen LogP) is 0.414. The average molecular weight is 317 g/mol. The Kier molecular flexibility index (Phi) is 4.59. The van der Waals surface area contributed by atoms with Crippen LogP contribution in [0.3, 0.4) is 0 Å². The first kappa shape index (κ1) is 15.2. The van der Waals surface area contributed by atoms with Crippen molar-refractivity contribution in [2.24, 2.45) is 0 Å². The number of thioether (sulfide) groups is 1. The number of hydrogen-bond acceptors (Lipinski definition) is 8. The molecule has 0 aromatic carbocycles. The minimum Gasteiger partial charge on any atom is -0.370 e. The molecule has 1 fully saturated rings. The molecule has 3 N–H and O–H groups in total. The van der Waals surface area contributed by atoms with Crippen LogP contribution in [0.5, 0.6) is 0 Å². The van der Waals surface area contributed by atoms with Crippen LogP contribution in [0.25, 0.3) is 0 Å². The predicted molar refractivity (Wildman–Crippen MR) is 83.9 cm³/mol. The van der Waals surface area contributed by atoms with Gasteiger partial charge in [-0.15, -0.1) is 0 Å². The molecular formula is C11H19N5O2S2. The number of nitrogens with one attached hydrogen (secondary N) is 1. The summed E-state index contributed by atoms with van der Waals surface area (Å²) in [5.74, 6) is 2.72. The van der Waals surface area contributed by atoms with E-state index in [9.17, 15) is 8.42 Å². The number of aromatic nitrogens is 2. The Bertz CT molecular complexity index is 578. The third-order valence-corrected chi connectivity index (χ3v) is 5.60. The number of hydrogen-bond donors (Lipinski definition) is 2. The SMILES string of the molecule is CCNc1cc(N2CCSCC2S(C)(=O)=O)nc(N)n1. The molecule has 0 saturated carbocycles. The molecule has 0 spiro atoms. The highest BCUT2D eigenvalue weighted by atomic mass is 32.2. The second-order valence-electron chi connectivity index (χ2n) is 4.55. The van der Waals surface area contributed by atoms with Gasteiger partial charge in [-0.1, -0.05) is 0 Å². The Labute approximate surface area is 123 Å². The van der Waals surface area contributed by atoms with Crippen LogP contribution in [-0.2, 0) is 9.84 Å². The van der Waals surface area contributed by atoms with Crippen molar-refractivity contribution in [1.82, 2.24) is 9.97 Å². The summed E-state index contributed by atoms with van der Waals surface area (Å²) in [6, 6.07) is 1.74. The van der Waals surface area contributed by atoms with Crippen LogP contribution in [0.2, 0.25) is 0 Å². The Morgan fingerprint density at radius 1 is 1.55 bits per heavy atom. The molecule has 7 nitrogen and oxygen atoms in total. The van der Waals surface area contributed by atoms with Crippen LogP contribution < -0.4 is 16.0 Å². The highest BCUT2D eigenvalue weighted by Crippen LogP contribution is 2.27. The van der Waals surface area contributed by atoms with E-state index in [1.165, 1.54) is 6.26 Å². The minimum absolute atomic E-state index is 0.143. The van der Waals surface area contributed by atoms with Gasteiger partial charge in [-0.3, -0.25) is 0 Å². The van der Waals surface area contributed by atoms with Gasteiger partial charge in [0.25, 0.3) is 0 Å². The monoisotopic (exact) mass is 317 g/mol. The summed E-state index contributed by atoms with van der Waals surface area (Å²) in [7, 11) is -3.18. The molecule has 1 aliphatic heterocycles. The molecule has 0 aliphatic carbocycles. The van der Waals surface area contributed by atoms with E-state index in [0.29, 0.717) is 30.5 Å². The lowest BCUT2D eigenvalue weighted by atomic mass is 10.4. The molecule has 1 aliphatic rings. The van der Waals surface area contributed by atoms with Gasteiger partial charge >= 0.3 is 0 Å². The normalized spacial score (nSPS) is 19.9. The van der Waals surface area contributed by atoms with Gasteiger partial charge in [-0.05, 0) is 6.92 Å². The summed E-state index contributed by atoms with van der Waals surface area (Å²) in [5.41, 5.74) is 5.71. The summed E-state index contributed by atoms with van der Waals surface area (Å²) in [5, 5.41) is 2.50. The van der Waals surface area contributed by atoms with Crippen molar-refractivity contribution < 1.29 is 8.42 Å². The first-order valence-corrected chi connectivity index (χ1v) is 9.44. The Hall–Kier alpha value is -1.22. The summed E-state index contributed by atoms with van der Waals surface area (Å²) in [6.45, 7) is 3.29. The van der Waals surface area contributed by atoms with Crippen molar-refractivity contribution in [2.45, 2.75) is 12.3 Å². The molecule has 0 bridgehead atoms. The maximum Gasteiger partial charge on any atom is 0.223 e. The lowest BCUT2D eigenvalue weighted by molar-refractivity contribution is 0.583. The van der Waals surface area contributed by atoms with Crippen molar-refractivity contribution >= 4 is 39.2 Å². The van der Waals surface area contributed by atoms with Gasteiger partial charge in [0, 0.05) is 36.9 Å². The number of sulfone groups is 1. The van der Waals surface area contributed by atoms with E-state index in [-0.39, 0.29) is 5.95 Å². The molecule has 112 valence electrons. The van der Waals surface area contributed by atoms with E-state index >= 15 is 0 Å². The van der Waals surface area contributed by atoms with Crippen LogP contribution in [0, 0.1) is 0 Å². The fraction of sp³-hybridized carbons (Fsp3) is 0.636. The van der Waals surface area contributed by atoms with Crippen LogP contribution in [0.15, 0.2) is 6.07 Å². The summed E-state index contributed by atoms with van der Waals surface area (Å²) in [6.07, 6.45) is 1.26. The smallest absolute Gasteiger partial charge is 0.223 e. The van der Waals surface area contributed by atoms with Gasteiger partial charge in [0.2, 0.25) is 5.95 Å². The maximum absolute atomic E-state index is 11.9. The second kappa shape index (κ2) is 6.04. The zero-order chi connectivity index (χ0) is 14.8. The van der Waals surface area contributed by atoms with Crippen molar-refractivity contribution in [3.05, 3.63) is 6.07 Å². The lowest BCUT2D eigenvalue weighted by Crippen LogP contribution is -2.47. The third-order valence-electron chi connectivity index (χ3n) is 2.96. The van der Waals surface area contributed by atoms with Gasteiger partial charge < -0.3 is 16.0 Å². The summed E-state index contributed by atoms with van der Waals surface area (Å²) in [4.78, 5) is 10.1. The van der Waals surface area contributed by atoms with E-state index in [1.807, 2.05) is 6.92 Å². The lowest BCUT2D eigenvalue weighted by Gasteiger charge is -2.35. The summed E-state index contributed by atoms with van der Waals surface area (Å²) >= 11 is 1.64. The molecule has 1 atom stereocenters. The Balaban J connectivity index is 2.37. The minimum atomic E-state index is -3.18. The average Bonchev–Trinajstić information content (AvgIpc) is 2.37. The van der Waals surface area contributed by atoms with E-state index in [1.54, 1.807) is 22.7 Å². The van der Waals surface area contributed by atoms with Gasteiger partial charge in [0.15, 0.2) is 9.84 Å². The maximum atomic E-state index is 11.9. The van der Waals surface area contributed by atoms with Crippen molar-refractivity contribution in [1.29, 1.82) is 0 Å². The number of anilines is 3. The highest BCUT2D eigenvalue weighted by Gasteiger charge is 2.32. The molecule has 1 unspecified atom stereocenters. The van der Waals surface area contributed by atoms with Crippen LogP contribution in [0.1, 0.15) is 6.92 Å². The van der Waals surface area contributed by atoms with Crippen molar-refractivity contribution in [3.63, 3.8) is 0 Å². The van der Waals surface area contributed by atoms with Gasteiger partial charge in [-0.25, -0.2) is 8.42 Å². The molecule has 1 saturated heterocycles. The first-order valence-electron chi connectivity index (χ1n) is 6.33. The molecule has 2 heterocycles.